The molecule has 1 aliphatic carbocycles. The maximum atomic E-state index is 9.05. The number of aliphatic hydroxyl groups is 1. The van der Waals surface area contributed by atoms with Crippen molar-refractivity contribution >= 4 is 0 Å². The zero-order valence-electron chi connectivity index (χ0n) is 13.1. The Morgan fingerprint density at radius 1 is 0.895 bits per heavy atom. The fourth-order valence-electron chi connectivity index (χ4n) is 3.91. The number of unbranched alkanes of at least 4 members (excludes halogenated alkanes) is 1. The van der Waals surface area contributed by atoms with E-state index >= 15 is 0 Å². The molecule has 0 saturated carbocycles. The molecule has 1 aliphatic rings. The Kier molecular flexibility index (Phi) is 3.55. The van der Waals surface area contributed by atoms with Crippen LogP contribution < -0.4 is 0 Å². The van der Waals surface area contributed by atoms with Crippen LogP contribution in [0.1, 0.15) is 65.0 Å². The van der Waals surface area contributed by atoms with Gasteiger partial charge in [-0.1, -0.05) is 65.3 Å². The van der Waals surface area contributed by atoms with Gasteiger partial charge >= 0.3 is 0 Å². The highest BCUT2D eigenvalue weighted by Crippen LogP contribution is 2.63. The van der Waals surface area contributed by atoms with E-state index in [9.17, 15) is 0 Å². The average Bonchev–Trinajstić information content (AvgIpc) is 2.48. The van der Waals surface area contributed by atoms with Crippen LogP contribution in [0.15, 0.2) is 24.3 Å². The van der Waals surface area contributed by atoms with Crippen molar-refractivity contribution in [3.05, 3.63) is 35.4 Å². The first-order valence-electron chi connectivity index (χ1n) is 7.50. The summed E-state index contributed by atoms with van der Waals surface area (Å²) in [4.78, 5) is 0. The maximum absolute atomic E-state index is 9.05. The number of rotatable bonds is 4. The smallest absolute Gasteiger partial charge is 0.0431 e. The van der Waals surface area contributed by atoms with Gasteiger partial charge in [0.25, 0.3) is 0 Å². The summed E-state index contributed by atoms with van der Waals surface area (Å²) in [6.45, 7) is 12.3. The summed E-state index contributed by atoms with van der Waals surface area (Å²) in [5.41, 5.74) is 3.63. The molecule has 1 atom stereocenters. The molecule has 1 aromatic carbocycles. The monoisotopic (exact) mass is 260 g/mol. The summed E-state index contributed by atoms with van der Waals surface area (Å²) in [5.74, 6) is 0. The Morgan fingerprint density at radius 3 is 2.05 bits per heavy atom. The molecule has 0 fully saturated rings. The third kappa shape index (κ3) is 1.86. The molecule has 1 heteroatoms. The second-order valence-corrected chi connectivity index (χ2v) is 7.31. The molecule has 1 nitrogen and oxygen atoms in total. The van der Waals surface area contributed by atoms with E-state index in [0.717, 1.165) is 19.3 Å². The van der Waals surface area contributed by atoms with Gasteiger partial charge < -0.3 is 5.11 Å². The third-order valence-electron chi connectivity index (χ3n) is 6.22. The van der Waals surface area contributed by atoms with Gasteiger partial charge in [-0.2, -0.15) is 0 Å². The summed E-state index contributed by atoms with van der Waals surface area (Å²) in [5, 5.41) is 9.05. The van der Waals surface area contributed by atoms with E-state index in [-0.39, 0.29) is 16.2 Å². The first-order chi connectivity index (χ1) is 8.79. The Hall–Kier alpha value is -0.820. The van der Waals surface area contributed by atoms with Crippen LogP contribution in [0.4, 0.5) is 0 Å². The molecule has 0 amide bonds. The molecule has 0 spiro atoms. The molecule has 0 radical (unpaired) electrons. The quantitative estimate of drug-likeness (QED) is 0.794. The Labute approximate surface area is 118 Å². The molecular weight excluding hydrogens is 232 g/mol. The number of benzene rings is 1. The number of fused-ring (bicyclic) bond motifs is 1. The van der Waals surface area contributed by atoms with Crippen molar-refractivity contribution in [1.29, 1.82) is 0 Å². The highest BCUT2D eigenvalue weighted by Gasteiger charge is 2.58. The molecule has 106 valence electrons. The zero-order valence-corrected chi connectivity index (χ0v) is 13.1. The van der Waals surface area contributed by atoms with Crippen LogP contribution in [-0.4, -0.2) is 11.7 Å². The van der Waals surface area contributed by atoms with Gasteiger partial charge in [0, 0.05) is 6.61 Å². The van der Waals surface area contributed by atoms with Crippen molar-refractivity contribution < 1.29 is 5.11 Å². The minimum absolute atomic E-state index is 0.192. The zero-order chi connectivity index (χ0) is 14.3. The number of hydrogen-bond acceptors (Lipinski definition) is 1. The van der Waals surface area contributed by atoms with Crippen LogP contribution in [0, 0.1) is 5.41 Å². The lowest BCUT2D eigenvalue weighted by Crippen LogP contribution is -2.44. The van der Waals surface area contributed by atoms with Crippen molar-refractivity contribution in [3.8, 4) is 0 Å². The van der Waals surface area contributed by atoms with E-state index in [1.807, 2.05) is 0 Å². The predicted octanol–water partition coefficient (Wildman–Crippen LogP) is 4.42. The molecular formula is C18H28O. The van der Waals surface area contributed by atoms with Gasteiger partial charge in [0.2, 0.25) is 0 Å². The van der Waals surface area contributed by atoms with Gasteiger partial charge in [0.1, 0.15) is 0 Å². The van der Waals surface area contributed by atoms with Gasteiger partial charge in [-0.15, -0.1) is 0 Å². The molecule has 0 heterocycles. The highest BCUT2D eigenvalue weighted by molar-refractivity contribution is 5.48. The summed E-state index contributed by atoms with van der Waals surface area (Å²) in [6, 6.07) is 8.94. The van der Waals surface area contributed by atoms with Gasteiger partial charge in [-0.3, -0.25) is 0 Å². The van der Waals surface area contributed by atoms with Crippen LogP contribution in [0.5, 0.6) is 0 Å². The SMILES string of the molecule is CC1(C)c2ccccc2C(C)(CCCCO)C1(C)C. The summed E-state index contributed by atoms with van der Waals surface area (Å²) in [7, 11) is 0. The van der Waals surface area contributed by atoms with Crippen LogP contribution in [-0.2, 0) is 10.8 Å². The van der Waals surface area contributed by atoms with E-state index in [0.29, 0.717) is 6.61 Å². The van der Waals surface area contributed by atoms with Crippen molar-refractivity contribution in [2.24, 2.45) is 5.41 Å². The first-order valence-corrected chi connectivity index (χ1v) is 7.50. The van der Waals surface area contributed by atoms with Crippen LogP contribution in [0.3, 0.4) is 0 Å². The molecule has 0 bridgehead atoms. The molecule has 19 heavy (non-hydrogen) atoms. The molecule has 2 rings (SSSR count). The van der Waals surface area contributed by atoms with Crippen molar-refractivity contribution in [1.82, 2.24) is 0 Å². The fourth-order valence-corrected chi connectivity index (χ4v) is 3.91. The van der Waals surface area contributed by atoms with Crippen LogP contribution in [0.25, 0.3) is 0 Å². The molecule has 1 aromatic rings. The second-order valence-electron chi connectivity index (χ2n) is 7.31. The van der Waals surface area contributed by atoms with Crippen molar-refractivity contribution in [3.63, 3.8) is 0 Å². The summed E-state index contributed by atoms with van der Waals surface area (Å²) >= 11 is 0. The topological polar surface area (TPSA) is 20.2 Å². The standard InChI is InChI=1S/C18H28O/c1-16(2)14-10-6-7-11-15(14)18(5,17(16,3)4)12-8-9-13-19/h6-7,10-11,19H,8-9,12-13H2,1-5H3. The normalized spacial score (nSPS) is 27.3. The molecule has 0 aromatic heterocycles. The lowest BCUT2D eigenvalue weighted by molar-refractivity contribution is 0.0996. The average molecular weight is 260 g/mol. The Balaban J connectivity index is 2.48. The van der Waals surface area contributed by atoms with E-state index in [4.69, 9.17) is 5.11 Å². The Bertz CT molecular complexity index is 459. The minimum atomic E-state index is 0.192. The van der Waals surface area contributed by atoms with E-state index in [2.05, 4.69) is 58.9 Å². The summed E-state index contributed by atoms with van der Waals surface area (Å²) < 4.78 is 0. The van der Waals surface area contributed by atoms with E-state index < -0.39 is 0 Å². The van der Waals surface area contributed by atoms with Crippen LogP contribution >= 0.6 is 0 Å². The minimum Gasteiger partial charge on any atom is -0.396 e. The molecule has 1 unspecified atom stereocenters. The van der Waals surface area contributed by atoms with Gasteiger partial charge in [0.15, 0.2) is 0 Å². The van der Waals surface area contributed by atoms with E-state index in [1.54, 1.807) is 0 Å². The molecule has 0 aliphatic heterocycles. The van der Waals surface area contributed by atoms with Crippen molar-refractivity contribution in [2.45, 2.75) is 64.7 Å². The van der Waals surface area contributed by atoms with Gasteiger partial charge in [0.05, 0.1) is 0 Å². The van der Waals surface area contributed by atoms with Gasteiger partial charge in [-0.25, -0.2) is 0 Å². The van der Waals surface area contributed by atoms with Crippen molar-refractivity contribution in [2.75, 3.05) is 6.61 Å². The number of aliphatic hydroxyl groups excluding tert-OH is 1. The Morgan fingerprint density at radius 2 is 1.47 bits per heavy atom. The summed E-state index contributed by atoms with van der Waals surface area (Å²) in [6.07, 6.45) is 3.16. The number of hydrogen-bond donors (Lipinski definition) is 1. The van der Waals surface area contributed by atoms with E-state index in [1.165, 1.54) is 11.1 Å². The highest BCUT2D eigenvalue weighted by atomic mass is 16.2. The maximum Gasteiger partial charge on any atom is 0.0431 e. The van der Waals surface area contributed by atoms with Crippen LogP contribution in [0.2, 0.25) is 0 Å². The van der Waals surface area contributed by atoms with Gasteiger partial charge in [-0.05, 0) is 40.2 Å². The predicted molar refractivity (Wildman–Crippen MR) is 81.5 cm³/mol. The first kappa shape index (κ1) is 14.6. The third-order valence-corrected chi connectivity index (χ3v) is 6.22. The fraction of sp³-hybridized carbons (Fsp3) is 0.667. The lowest BCUT2D eigenvalue weighted by atomic mass is 9.57. The lowest BCUT2D eigenvalue weighted by Gasteiger charge is -2.47. The largest absolute Gasteiger partial charge is 0.396 e. The molecule has 0 saturated heterocycles. The second kappa shape index (κ2) is 4.63. The molecule has 1 N–H and O–H groups in total.